The van der Waals surface area contributed by atoms with Crippen LogP contribution in [0.4, 0.5) is 0 Å². The number of rotatable bonds is 4. The summed E-state index contributed by atoms with van der Waals surface area (Å²) in [7, 11) is 0. The maximum absolute atomic E-state index is 11.8. The summed E-state index contributed by atoms with van der Waals surface area (Å²) in [5, 5.41) is 9.38. The number of H-pyrrole nitrogens is 1. The second kappa shape index (κ2) is 5.30. The predicted octanol–water partition coefficient (Wildman–Crippen LogP) is 1.84. The van der Waals surface area contributed by atoms with Crippen LogP contribution in [0.1, 0.15) is 33.1 Å². The summed E-state index contributed by atoms with van der Waals surface area (Å²) >= 11 is 1.75. The van der Waals surface area contributed by atoms with Crippen molar-refractivity contribution in [1.29, 1.82) is 0 Å². The van der Waals surface area contributed by atoms with E-state index < -0.39 is 0 Å². The molecule has 2 rings (SSSR count). The maximum Gasteiger partial charge on any atom is 0.291 e. The van der Waals surface area contributed by atoms with Crippen molar-refractivity contribution in [2.75, 3.05) is 0 Å². The Hall–Kier alpha value is -1.69. The summed E-state index contributed by atoms with van der Waals surface area (Å²) in [4.78, 5) is 18.4. The number of hydrogen-bond donors (Lipinski definition) is 2. The van der Waals surface area contributed by atoms with Gasteiger partial charge in [-0.3, -0.25) is 9.89 Å². The Labute approximate surface area is 110 Å². The number of aromatic nitrogens is 3. The van der Waals surface area contributed by atoms with Crippen LogP contribution in [-0.4, -0.2) is 27.1 Å². The van der Waals surface area contributed by atoms with E-state index in [4.69, 9.17) is 0 Å². The molecule has 0 bridgehead atoms. The van der Waals surface area contributed by atoms with Crippen LogP contribution in [0.25, 0.3) is 0 Å². The number of carbonyl (C=O) groups is 1. The van der Waals surface area contributed by atoms with Crippen molar-refractivity contribution in [3.05, 3.63) is 33.5 Å². The average Bonchev–Trinajstić information content (AvgIpc) is 2.87. The molecule has 0 aromatic carbocycles. The first-order valence-electron chi connectivity index (χ1n) is 5.80. The lowest BCUT2D eigenvalue weighted by Gasteiger charge is -2.11. The molecule has 6 heteroatoms. The summed E-state index contributed by atoms with van der Waals surface area (Å²) in [5.41, 5.74) is 0. The molecule has 1 atom stereocenters. The van der Waals surface area contributed by atoms with Gasteiger partial charge in [-0.15, -0.1) is 16.4 Å². The Morgan fingerprint density at radius 3 is 2.83 bits per heavy atom. The zero-order valence-electron chi connectivity index (χ0n) is 10.7. The number of amides is 1. The van der Waals surface area contributed by atoms with Crippen LogP contribution in [0.15, 0.2) is 12.1 Å². The molecule has 2 aromatic rings. The van der Waals surface area contributed by atoms with Gasteiger partial charge in [-0.2, -0.15) is 0 Å². The van der Waals surface area contributed by atoms with E-state index in [0.717, 1.165) is 6.42 Å². The first kappa shape index (κ1) is 12.8. The van der Waals surface area contributed by atoms with E-state index in [9.17, 15) is 4.79 Å². The molecule has 0 aliphatic carbocycles. The van der Waals surface area contributed by atoms with Gasteiger partial charge in [-0.05, 0) is 32.9 Å². The van der Waals surface area contributed by atoms with Crippen molar-refractivity contribution in [2.45, 2.75) is 33.2 Å². The van der Waals surface area contributed by atoms with Gasteiger partial charge in [-0.25, -0.2) is 4.98 Å². The number of aryl methyl sites for hydroxylation is 2. The summed E-state index contributed by atoms with van der Waals surface area (Å²) in [6, 6.07) is 4.25. The summed E-state index contributed by atoms with van der Waals surface area (Å²) < 4.78 is 0. The van der Waals surface area contributed by atoms with E-state index in [1.165, 1.54) is 9.75 Å². The lowest BCUT2D eigenvalue weighted by molar-refractivity contribution is 0.0930. The van der Waals surface area contributed by atoms with Crippen LogP contribution in [-0.2, 0) is 6.42 Å². The standard InChI is InChI=1S/C12H16N4OS/c1-7(6-10-5-4-8(2)18-10)13-12(17)11-14-9(3)15-16-11/h4-5,7H,6H2,1-3H3,(H,13,17)(H,14,15,16). The van der Waals surface area contributed by atoms with Crippen molar-refractivity contribution >= 4 is 17.2 Å². The second-order valence-electron chi connectivity index (χ2n) is 4.34. The SMILES string of the molecule is Cc1nc(C(=O)NC(C)Cc2ccc(C)s2)n[nH]1. The average molecular weight is 264 g/mol. The molecule has 2 aromatic heterocycles. The van der Waals surface area contributed by atoms with E-state index in [0.29, 0.717) is 5.82 Å². The highest BCUT2D eigenvalue weighted by atomic mass is 32.1. The first-order chi connectivity index (χ1) is 8.54. The molecular weight excluding hydrogens is 248 g/mol. The van der Waals surface area contributed by atoms with Gasteiger partial charge in [0.1, 0.15) is 5.82 Å². The van der Waals surface area contributed by atoms with Gasteiger partial charge in [0.15, 0.2) is 0 Å². The van der Waals surface area contributed by atoms with Crippen molar-refractivity contribution in [3.63, 3.8) is 0 Å². The molecule has 0 saturated heterocycles. The number of thiophene rings is 1. The Morgan fingerprint density at radius 2 is 2.28 bits per heavy atom. The first-order valence-corrected chi connectivity index (χ1v) is 6.61. The Morgan fingerprint density at radius 1 is 1.50 bits per heavy atom. The van der Waals surface area contributed by atoms with Gasteiger partial charge >= 0.3 is 0 Å². The van der Waals surface area contributed by atoms with Crippen LogP contribution in [0.5, 0.6) is 0 Å². The van der Waals surface area contributed by atoms with Crippen LogP contribution in [0.2, 0.25) is 0 Å². The minimum atomic E-state index is -0.236. The third-order valence-electron chi connectivity index (χ3n) is 2.48. The molecule has 2 heterocycles. The zero-order chi connectivity index (χ0) is 13.1. The molecule has 0 saturated carbocycles. The molecule has 2 N–H and O–H groups in total. The summed E-state index contributed by atoms with van der Waals surface area (Å²) in [6.45, 7) is 5.82. The van der Waals surface area contributed by atoms with E-state index in [1.807, 2.05) is 6.92 Å². The number of nitrogens with zero attached hydrogens (tertiary/aromatic N) is 2. The third-order valence-corrected chi connectivity index (χ3v) is 3.50. The normalized spacial score (nSPS) is 12.4. The van der Waals surface area contributed by atoms with Crippen LogP contribution >= 0.6 is 11.3 Å². The zero-order valence-corrected chi connectivity index (χ0v) is 11.5. The van der Waals surface area contributed by atoms with Gasteiger partial charge in [-0.1, -0.05) is 0 Å². The van der Waals surface area contributed by atoms with Gasteiger partial charge in [0, 0.05) is 22.2 Å². The molecular formula is C12H16N4OS. The lowest BCUT2D eigenvalue weighted by atomic mass is 10.2. The molecule has 0 spiro atoms. The largest absolute Gasteiger partial charge is 0.346 e. The third kappa shape index (κ3) is 3.16. The number of carbonyl (C=O) groups excluding carboxylic acids is 1. The van der Waals surface area contributed by atoms with Crippen molar-refractivity contribution in [3.8, 4) is 0 Å². The van der Waals surface area contributed by atoms with Crippen molar-refractivity contribution < 1.29 is 4.79 Å². The van der Waals surface area contributed by atoms with E-state index in [1.54, 1.807) is 18.3 Å². The number of nitrogens with one attached hydrogen (secondary N) is 2. The smallest absolute Gasteiger partial charge is 0.291 e. The fraction of sp³-hybridized carbons (Fsp3) is 0.417. The molecule has 0 aliphatic heterocycles. The lowest BCUT2D eigenvalue weighted by Crippen LogP contribution is -2.34. The fourth-order valence-electron chi connectivity index (χ4n) is 1.68. The van der Waals surface area contributed by atoms with Crippen LogP contribution in [0.3, 0.4) is 0 Å². The quantitative estimate of drug-likeness (QED) is 0.885. The molecule has 1 unspecified atom stereocenters. The molecule has 0 fully saturated rings. The molecule has 1 amide bonds. The van der Waals surface area contributed by atoms with Crippen molar-refractivity contribution in [2.24, 2.45) is 0 Å². The van der Waals surface area contributed by atoms with E-state index in [-0.39, 0.29) is 17.8 Å². The maximum atomic E-state index is 11.8. The molecule has 18 heavy (non-hydrogen) atoms. The summed E-state index contributed by atoms with van der Waals surface area (Å²) in [5.74, 6) is 0.600. The molecule has 5 nitrogen and oxygen atoms in total. The monoisotopic (exact) mass is 264 g/mol. The topological polar surface area (TPSA) is 70.7 Å². The molecule has 0 aliphatic rings. The van der Waals surface area contributed by atoms with Gasteiger partial charge in [0.2, 0.25) is 5.82 Å². The van der Waals surface area contributed by atoms with Crippen molar-refractivity contribution in [1.82, 2.24) is 20.5 Å². The molecule has 0 radical (unpaired) electrons. The van der Waals surface area contributed by atoms with Gasteiger partial charge in [0.05, 0.1) is 0 Å². The highest BCUT2D eigenvalue weighted by Crippen LogP contribution is 2.16. The van der Waals surface area contributed by atoms with Crippen LogP contribution in [0, 0.1) is 13.8 Å². The minimum absolute atomic E-state index is 0.0642. The number of hydrogen-bond acceptors (Lipinski definition) is 4. The van der Waals surface area contributed by atoms with Crippen LogP contribution < -0.4 is 5.32 Å². The van der Waals surface area contributed by atoms with Gasteiger partial charge in [0.25, 0.3) is 5.91 Å². The second-order valence-corrected chi connectivity index (χ2v) is 5.71. The minimum Gasteiger partial charge on any atom is -0.346 e. The van der Waals surface area contributed by atoms with E-state index in [2.05, 4.69) is 39.6 Å². The van der Waals surface area contributed by atoms with E-state index >= 15 is 0 Å². The Balaban J connectivity index is 1.91. The number of aromatic amines is 1. The highest BCUT2D eigenvalue weighted by Gasteiger charge is 2.14. The van der Waals surface area contributed by atoms with Gasteiger partial charge < -0.3 is 5.32 Å². The predicted molar refractivity (Wildman–Crippen MR) is 70.8 cm³/mol. The summed E-state index contributed by atoms with van der Waals surface area (Å²) in [6.07, 6.45) is 0.827. The highest BCUT2D eigenvalue weighted by molar-refractivity contribution is 7.11. The fourth-order valence-corrected chi connectivity index (χ4v) is 2.70. The molecule has 96 valence electrons. The Kier molecular flexibility index (Phi) is 3.76. The Bertz CT molecular complexity index is 546.